The highest BCUT2D eigenvalue weighted by molar-refractivity contribution is 5.34. The molecule has 0 radical (unpaired) electrons. The normalized spacial score (nSPS) is 21.6. The van der Waals surface area contributed by atoms with Gasteiger partial charge in [0.2, 0.25) is 0 Å². The molecule has 2 nitrogen and oxygen atoms in total. The lowest BCUT2D eigenvalue weighted by atomic mass is 9.70. The maximum absolute atomic E-state index is 4.49. The third kappa shape index (κ3) is 2.86. The molecule has 1 aliphatic rings. The summed E-state index contributed by atoms with van der Waals surface area (Å²) >= 11 is 0. The quantitative estimate of drug-likeness (QED) is 0.898. The van der Waals surface area contributed by atoms with Crippen molar-refractivity contribution in [1.29, 1.82) is 0 Å². The molecule has 1 heterocycles. The van der Waals surface area contributed by atoms with Gasteiger partial charge in [0.15, 0.2) is 0 Å². The lowest BCUT2D eigenvalue weighted by molar-refractivity contribution is 0.195. The molecule has 0 amide bonds. The number of benzene rings is 1. The molecule has 1 aromatic heterocycles. The predicted molar refractivity (Wildman–Crippen MR) is 87.1 cm³/mol. The molecule has 0 spiro atoms. The van der Waals surface area contributed by atoms with Crippen molar-refractivity contribution in [3.63, 3.8) is 0 Å². The molecule has 2 unspecified atom stereocenters. The minimum atomic E-state index is 0.252. The van der Waals surface area contributed by atoms with Gasteiger partial charge in [-0.3, -0.25) is 4.98 Å². The van der Waals surface area contributed by atoms with Gasteiger partial charge >= 0.3 is 0 Å². The van der Waals surface area contributed by atoms with Gasteiger partial charge in [-0.25, -0.2) is 0 Å². The van der Waals surface area contributed by atoms with E-state index in [2.05, 4.69) is 67.5 Å². The highest BCUT2D eigenvalue weighted by Gasteiger charge is 2.36. The summed E-state index contributed by atoms with van der Waals surface area (Å²) in [5, 5.41) is 3.82. The predicted octanol–water partition coefficient (Wildman–Crippen LogP) is 4.45. The van der Waals surface area contributed by atoms with Crippen LogP contribution in [0.3, 0.4) is 0 Å². The van der Waals surface area contributed by atoms with E-state index in [4.69, 9.17) is 0 Å². The molecule has 0 bridgehead atoms. The standard InChI is InChI=1S/C19H24N2/c1-14(17-10-6-7-13-20-17)21-18-16-9-5-4-8-15(16)11-12-19(18,2)3/h4-10,13-14,18,21H,11-12H2,1-3H3. The molecule has 110 valence electrons. The maximum atomic E-state index is 4.49. The Morgan fingerprint density at radius 2 is 1.90 bits per heavy atom. The first kappa shape index (κ1) is 14.3. The summed E-state index contributed by atoms with van der Waals surface area (Å²) in [7, 11) is 0. The summed E-state index contributed by atoms with van der Waals surface area (Å²) in [6.07, 6.45) is 4.27. The van der Waals surface area contributed by atoms with Crippen LogP contribution in [0.1, 0.15) is 56.1 Å². The first-order chi connectivity index (χ1) is 10.1. The van der Waals surface area contributed by atoms with Crippen molar-refractivity contribution in [3.8, 4) is 0 Å². The maximum Gasteiger partial charge on any atom is 0.0570 e. The molecule has 1 aliphatic carbocycles. The van der Waals surface area contributed by atoms with E-state index in [0.29, 0.717) is 6.04 Å². The number of pyridine rings is 1. The molecule has 2 heteroatoms. The fraction of sp³-hybridized carbons (Fsp3) is 0.421. The van der Waals surface area contributed by atoms with E-state index >= 15 is 0 Å². The van der Waals surface area contributed by atoms with Crippen LogP contribution in [0.15, 0.2) is 48.7 Å². The third-order valence-corrected chi connectivity index (χ3v) is 4.73. The molecule has 0 fully saturated rings. The first-order valence-electron chi connectivity index (χ1n) is 7.83. The van der Waals surface area contributed by atoms with Crippen molar-refractivity contribution in [2.75, 3.05) is 0 Å². The van der Waals surface area contributed by atoms with Gasteiger partial charge in [-0.15, -0.1) is 0 Å². The van der Waals surface area contributed by atoms with Gasteiger partial charge in [0.05, 0.1) is 5.69 Å². The fourth-order valence-corrected chi connectivity index (χ4v) is 3.35. The first-order valence-corrected chi connectivity index (χ1v) is 7.83. The second kappa shape index (κ2) is 5.61. The second-order valence-corrected chi connectivity index (χ2v) is 6.76. The Morgan fingerprint density at radius 1 is 1.14 bits per heavy atom. The molecular formula is C19H24N2. The van der Waals surface area contributed by atoms with E-state index in [9.17, 15) is 0 Å². The van der Waals surface area contributed by atoms with Gasteiger partial charge in [-0.1, -0.05) is 44.2 Å². The van der Waals surface area contributed by atoms with Crippen LogP contribution in [-0.2, 0) is 6.42 Å². The number of nitrogens with one attached hydrogen (secondary N) is 1. The zero-order valence-electron chi connectivity index (χ0n) is 13.1. The lowest BCUT2D eigenvalue weighted by Crippen LogP contribution is -2.39. The van der Waals surface area contributed by atoms with Gasteiger partial charge in [0.25, 0.3) is 0 Å². The zero-order chi connectivity index (χ0) is 14.9. The Bertz CT molecular complexity index is 604. The zero-order valence-corrected chi connectivity index (χ0v) is 13.1. The topological polar surface area (TPSA) is 24.9 Å². The molecule has 1 aromatic carbocycles. The number of aromatic nitrogens is 1. The monoisotopic (exact) mass is 280 g/mol. The van der Waals surface area contributed by atoms with Crippen LogP contribution < -0.4 is 5.32 Å². The molecule has 3 rings (SSSR count). The SMILES string of the molecule is CC(NC1c2ccccc2CCC1(C)C)c1ccccn1. The molecule has 0 saturated carbocycles. The average Bonchev–Trinajstić information content (AvgIpc) is 2.51. The van der Waals surface area contributed by atoms with E-state index in [1.54, 1.807) is 0 Å². The van der Waals surface area contributed by atoms with E-state index in [0.717, 1.165) is 5.69 Å². The molecule has 2 aromatic rings. The average molecular weight is 280 g/mol. The van der Waals surface area contributed by atoms with Crippen molar-refractivity contribution in [3.05, 3.63) is 65.5 Å². The Labute approximate surface area is 127 Å². The highest BCUT2D eigenvalue weighted by Crippen LogP contribution is 2.44. The molecule has 2 atom stereocenters. The number of aryl methyl sites for hydroxylation is 1. The van der Waals surface area contributed by atoms with E-state index in [1.807, 2.05) is 12.3 Å². The van der Waals surface area contributed by atoms with Crippen LogP contribution in [0.4, 0.5) is 0 Å². The Balaban J connectivity index is 1.89. The lowest BCUT2D eigenvalue weighted by Gasteiger charge is -2.42. The van der Waals surface area contributed by atoms with Crippen LogP contribution in [0.2, 0.25) is 0 Å². The van der Waals surface area contributed by atoms with Gasteiger partial charge in [0.1, 0.15) is 0 Å². The summed E-state index contributed by atoms with van der Waals surface area (Å²) in [6, 6.07) is 15.6. The van der Waals surface area contributed by atoms with Gasteiger partial charge in [0, 0.05) is 18.3 Å². The van der Waals surface area contributed by atoms with Crippen LogP contribution in [0.25, 0.3) is 0 Å². The number of fused-ring (bicyclic) bond motifs is 1. The third-order valence-electron chi connectivity index (χ3n) is 4.73. The Kier molecular flexibility index (Phi) is 3.81. The summed E-state index contributed by atoms with van der Waals surface area (Å²) in [5.41, 5.74) is 4.31. The minimum absolute atomic E-state index is 0.252. The summed E-state index contributed by atoms with van der Waals surface area (Å²) in [4.78, 5) is 4.49. The van der Waals surface area contributed by atoms with Crippen molar-refractivity contribution >= 4 is 0 Å². The van der Waals surface area contributed by atoms with E-state index < -0.39 is 0 Å². The molecule has 21 heavy (non-hydrogen) atoms. The van der Waals surface area contributed by atoms with E-state index in [1.165, 1.54) is 24.0 Å². The van der Waals surface area contributed by atoms with Crippen molar-refractivity contribution < 1.29 is 0 Å². The molecular weight excluding hydrogens is 256 g/mol. The van der Waals surface area contributed by atoms with Crippen LogP contribution in [0.5, 0.6) is 0 Å². The van der Waals surface area contributed by atoms with Crippen LogP contribution >= 0.6 is 0 Å². The Morgan fingerprint density at radius 3 is 2.67 bits per heavy atom. The number of hydrogen-bond donors (Lipinski definition) is 1. The smallest absolute Gasteiger partial charge is 0.0570 e. The fourth-order valence-electron chi connectivity index (χ4n) is 3.35. The number of hydrogen-bond acceptors (Lipinski definition) is 2. The summed E-state index contributed by atoms with van der Waals surface area (Å²) in [6.45, 7) is 6.94. The molecule has 0 saturated heterocycles. The van der Waals surface area contributed by atoms with Gasteiger partial charge < -0.3 is 5.32 Å². The molecule has 1 N–H and O–H groups in total. The summed E-state index contributed by atoms with van der Waals surface area (Å²) in [5.74, 6) is 0. The Hall–Kier alpha value is -1.67. The molecule has 0 aliphatic heterocycles. The summed E-state index contributed by atoms with van der Waals surface area (Å²) < 4.78 is 0. The van der Waals surface area contributed by atoms with Crippen molar-refractivity contribution in [2.24, 2.45) is 5.41 Å². The van der Waals surface area contributed by atoms with Gasteiger partial charge in [-0.05, 0) is 48.4 Å². The second-order valence-electron chi connectivity index (χ2n) is 6.76. The van der Waals surface area contributed by atoms with Crippen molar-refractivity contribution in [2.45, 2.75) is 45.7 Å². The number of nitrogens with zero attached hydrogens (tertiary/aromatic N) is 1. The highest BCUT2D eigenvalue weighted by atomic mass is 15.0. The number of rotatable bonds is 3. The van der Waals surface area contributed by atoms with Gasteiger partial charge in [-0.2, -0.15) is 0 Å². The van der Waals surface area contributed by atoms with E-state index in [-0.39, 0.29) is 11.5 Å². The minimum Gasteiger partial charge on any atom is -0.301 e. The van der Waals surface area contributed by atoms with Crippen LogP contribution in [0, 0.1) is 5.41 Å². The van der Waals surface area contributed by atoms with Crippen LogP contribution in [-0.4, -0.2) is 4.98 Å². The largest absolute Gasteiger partial charge is 0.301 e. The van der Waals surface area contributed by atoms with Crippen molar-refractivity contribution in [1.82, 2.24) is 10.3 Å².